The first-order valence-corrected chi connectivity index (χ1v) is 7.90. The largest absolute Gasteiger partial charge is 0.369 e. The van der Waals surface area contributed by atoms with Gasteiger partial charge in [0.1, 0.15) is 5.82 Å². The van der Waals surface area contributed by atoms with Crippen molar-refractivity contribution in [1.29, 1.82) is 0 Å². The summed E-state index contributed by atoms with van der Waals surface area (Å²) in [5.74, 6) is 0.426. The highest BCUT2D eigenvalue weighted by atomic mass is 16.1. The molecule has 0 aliphatic carbocycles. The molecule has 0 unspecified atom stereocenters. The Morgan fingerprint density at radius 2 is 1.83 bits per heavy atom. The molecule has 23 heavy (non-hydrogen) atoms. The lowest BCUT2D eigenvalue weighted by Gasteiger charge is -2.22. The minimum Gasteiger partial charge on any atom is -0.369 e. The number of nitrogens with one attached hydrogen (secondary N) is 2. The van der Waals surface area contributed by atoms with Crippen LogP contribution in [0, 0.1) is 0 Å². The minimum atomic E-state index is -0.253. The monoisotopic (exact) mass is 312 g/mol. The number of anilines is 2. The summed E-state index contributed by atoms with van der Waals surface area (Å²) in [5.41, 5.74) is 2.14. The second-order valence-corrected chi connectivity index (χ2v) is 6.48. The fourth-order valence-electron chi connectivity index (χ4n) is 2.23. The van der Waals surface area contributed by atoms with E-state index in [0.717, 1.165) is 24.2 Å². The molecule has 2 rings (SSSR count). The number of aromatic nitrogens is 2. The normalized spacial score (nSPS) is 11.1. The van der Waals surface area contributed by atoms with E-state index in [1.54, 1.807) is 12.1 Å². The number of para-hydroxylation sites is 1. The van der Waals surface area contributed by atoms with Crippen LogP contribution in [0.25, 0.3) is 0 Å². The Morgan fingerprint density at radius 1 is 1.09 bits per heavy atom. The van der Waals surface area contributed by atoms with Crippen molar-refractivity contribution in [3.63, 3.8) is 0 Å². The Labute approximate surface area is 137 Å². The van der Waals surface area contributed by atoms with Gasteiger partial charge in [-0.2, -0.15) is 0 Å². The smallest absolute Gasteiger partial charge is 0.276 e. The Bertz CT molecular complexity index is 659. The van der Waals surface area contributed by atoms with E-state index in [9.17, 15) is 4.79 Å². The maximum atomic E-state index is 12.4. The van der Waals surface area contributed by atoms with E-state index in [0.29, 0.717) is 11.5 Å². The third-order valence-electron chi connectivity index (χ3n) is 3.44. The van der Waals surface area contributed by atoms with Crippen LogP contribution in [-0.2, 0) is 5.41 Å². The van der Waals surface area contributed by atoms with E-state index in [4.69, 9.17) is 0 Å². The second-order valence-electron chi connectivity index (χ2n) is 6.48. The van der Waals surface area contributed by atoms with Gasteiger partial charge in [0.2, 0.25) is 0 Å². The Morgan fingerprint density at radius 3 is 2.43 bits per heavy atom. The Balaban J connectivity index is 2.14. The summed E-state index contributed by atoms with van der Waals surface area (Å²) in [6, 6.07) is 11.3. The highest BCUT2D eigenvalue weighted by Gasteiger charge is 2.19. The van der Waals surface area contributed by atoms with Gasteiger partial charge in [-0.3, -0.25) is 4.79 Å². The highest BCUT2D eigenvalue weighted by Crippen LogP contribution is 2.29. The summed E-state index contributed by atoms with van der Waals surface area (Å²) in [6.45, 7) is 9.26. The van der Waals surface area contributed by atoms with E-state index in [1.807, 2.05) is 24.3 Å². The van der Waals surface area contributed by atoms with Gasteiger partial charge in [-0.1, -0.05) is 45.9 Å². The molecule has 0 atom stereocenters. The van der Waals surface area contributed by atoms with Gasteiger partial charge in [-0.25, -0.2) is 0 Å². The number of nitrogens with zero attached hydrogens (tertiary/aromatic N) is 2. The third-order valence-corrected chi connectivity index (χ3v) is 3.44. The summed E-state index contributed by atoms with van der Waals surface area (Å²) in [7, 11) is 0. The lowest BCUT2D eigenvalue weighted by atomic mass is 9.86. The molecular weight excluding hydrogens is 288 g/mol. The molecule has 0 fully saturated rings. The van der Waals surface area contributed by atoms with Gasteiger partial charge in [0.25, 0.3) is 5.91 Å². The molecule has 0 aliphatic rings. The lowest BCUT2D eigenvalue weighted by Crippen LogP contribution is -2.19. The standard InChI is InChI=1S/C18H24N4O/c1-5-12-19-16-11-10-15(21-22-16)17(23)20-14-9-7-6-8-13(14)18(2,3)4/h6-11H,5,12H2,1-4H3,(H,19,22)(H,20,23). The van der Waals surface area contributed by atoms with Crippen LogP contribution in [-0.4, -0.2) is 22.6 Å². The molecule has 2 N–H and O–H groups in total. The summed E-state index contributed by atoms with van der Waals surface area (Å²) in [4.78, 5) is 12.4. The van der Waals surface area contributed by atoms with Crippen molar-refractivity contribution in [2.45, 2.75) is 39.5 Å². The highest BCUT2D eigenvalue weighted by molar-refractivity contribution is 6.03. The van der Waals surface area contributed by atoms with Gasteiger partial charge in [0.15, 0.2) is 5.69 Å². The molecule has 2 aromatic rings. The minimum absolute atomic E-state index is 0.0521. The zero-order valence-electron chi connectivity index (χ0n) is 14.2. The molecule has 0 aliphatic heterocycles. The van der Waals surface area contributed by atoms with Crippen LogP contribution in [0.5, 0.6) is 0 Å². The fourth-order valence-corrected chi connectivity index (χ4v) is 2.23. The number of hydrogen-bond donors (Lipinski definition) is 2. The van der Waals surface area contributed by atoms with E-state index >= 15 is 0 Å². The fraction of sp³-hybridized carbons (Fsp3) is 0.389. The van der Waals surface area contributed by atoms with Crippen molar-refractivity contribution in [2.24, 2.45) is 0 Å². The predicted octanol–water partition coefficient (Wildman–Crippen LogP) is 3.85. The van der Waals surface area contributed by atoms with Crippen LogP contribution in [0.4, 0.5) is 11.5 Å². The van der Waals surface area contributed by atoms with E-state index in [-0.39, 0.29) is 11.3 Å². The van der Waals surface area contributed by atoms with Crippen LogP contribution >= 0.6 is 0 Å². The summed E-state index contributed by atoms with van der Waals surface area (Å²) >= 11 is 0. The molecule has 0 bridgehead atoms. The quantitative estimate of drug-likeness (QED) is 0.880. The molecule has 0 saturated carbocycles. The average Bonchev–Trinajstić information content (AvgIpc) is 2.53. The molecular formula is C18H24N4O. The number of carbonyl (C=O) groups is 1. The summed E-state index contributed by atoms with van der Waals surface area (Å²) in [5, 5.41) is 14.1. The van der Waals surface area contributed by atoms with Crippen molar-refractivity contribution in [2.75, 3.05) is 17.2 Å². The average molecular weight is 312 g/mol. The van der Waals surface area contributed by atoms with Gasteiger partial charge in [0, 0.05) is 12.2 Å². The summed E-state index contributed by atoms with van der Waals surface area (Å²) in [6.07, 6.45) is 1.01. The molecule has 1 aromatic carbocycles. The van der Waals surface area contributed by atoms with Gasteiger partial charge >= 0.3 is 0 Å². The second kappa shape index (κ2) is 7.22. The number of amides is 1. The molecule has 0 radical (unpaired) electrons. The first-order valence-electron chi connectivity index (χ1n) is 7.90. The van der Waals surface area contributed by atoms with E-state index in [1.165, 1.54) is 0 Å². The third kappa shape index (κ3) is 4.52. The molecule has 0 saturated heterocycles. The summed E-state index contributed by atoms with van der Waals surface area (Å²) < 4.78 is 0. The van der Waals surface area contributed by atoms with Crippen molar-refractivity contribution in [1.82, 2.24) is 10.2 Å². The maximum absolute atomic E-state index is 12.4. The molecule has 5 heteroatoms. The number of rotatable bonds is 5. The van der Waals surface area contributed by atoms with Crippen molar-refractivity contribution in [3.05, 3.63) is 47.7 Å². The van der Waals surface area contributed by atoms with Gasteiger partial charge in [-0.05, 0) is 35.6 Å². The predicted molar refractivity (Wildman–Crippen MR) is 93.9 cm³/mol. The number of hydrogen-bond acceptors (Lipinski definition) is 4. The first-order chi connectivity index (χ1) is 10.9. The van der Waals surface area contributed by atoms with Crippen LogP contribution in [0.15, 0.2) is 36.4 Å². The molecule has 1 heterocycles. The van der Waals surface area contributed by atoms with E-state index < -0.39 is 0 Å². The van der Waals surface area contributed by atoms with Crippen molar-refractivity contribution < 1.29 is 4.79 Å². The van der Waals surface area contributed by atoms with Gasteiger partial charge in [-0.15, -0.1) is 10.2 Å². The lowest BCUT2D eigenvalue weighted by molar-refractivity contribution is 0.102. The Hall–Kier alpha value is -2.43. The molecule has 1 amide bonds. The Kier molecular flexibility index (Phi) is 5.32. The van der Waals surface area contributed by atoms with E-state index in [2.05, 4.69) is 48.5 Å². The molecule has 122 valence electrons. The van der Waals surface area contributed by atoms with Crippen LogP contribution < -0.4 is 10.6 Å². The van der Waals surface area contributed by atoms with Gasteiger partial charge < -0.3 is 10.6 Å². The van der Waals surface area contributed by atoms with Gasteiger partial charge in [0.05, 0.1) is 0 Å². The van der Waals surface area contributed by atoms with Crippen LogP contribution in [0.3, 0.4) is 0 Å². The molecule has 1 aromatic heterocycles. The van der Waals surface area contributed by atoms with Crippen molar-refractivity contribution >= 4 is 17.4 Å². The number of carbonyl (C=O) groups excluding carboxylic acids is 1. The van der Waals surface area contributed by atoms with Crippen LogP contribution in [0.1, 0.15) is 50.2 Å². The topological polar surface area (TPSA) is 66.9 Å². The molecule has 5 nitrogen and oxygen atoms in total. The number of benzene rings is 1. The van der Waals surface area contributed by atoms with Crippen LogP contribution in [0.2, 0.25) is 0 Å². The maximum Gasteiger partial charge on any atom is 0.276 e. The SMILES string of the molecule is CCCNc1ccc(C(=O)Nc2ccccc2C(C)(C)C)nn1. The zero-order valence-corrected chi connectivity index (χ0v) is 14.2. The van der Waals surface area contributed by atoms with Crippen molar-refractivity contribution in [3.8, 4) is 0 Å². The zero-order chi connectivity index (χ0) is 16.9. The first kappa shape index (κ1) is 16.9. The molecule has 0 spiro atoms.